The van der Waals surface area contributed by atoms with E-state index >= 15 is 0 Å². The molecule has 0 N–H and O–H groups in total. The predicted molar refractivity (Wildman–Crippen MR) is 58.0 cm³/mol. The van der Waals surface area contributed by atoms with Crippen molar-refractivity contribution in [2.75, 3.05) is 6.54 Å². The van der Waals surface area contributed by atoms with Crippen LogP contribution < -0.4 is 0 Å². The molecule has 0 aromatic carbocycles. The second-order valence-corrected chi connectivity index (χ2v) is 4.18. The first-order valence-electron chi connectivity index (χ1n) is 4.94. The summed E-state index contributed by atoms with van der Waals surface area (Å²) in [6.07, 6.45) is 4.54. The zero-order valence-corrected chi connectivity index (χ0v) is 9.39. The van der Waals surface area contributed by atoms with E-state index in [0.29, 0.717) is 11.4 Å². The molecule has 0 aromatic rings. The van der Waals surface area contributed by atoms with Gasteiger partial charge in [0.25, 0.3) is 11.1 Å². The summed E-state index contributed by atoms with van der Waals surface area (Å²) < 4.78 is 0. The highest BCUT2D eigenvalue weighted by Crippen LogP contribution is 2.30. The SMILES string of the molecule is CCC/C=C1/SC(=O)N(CCC)C1=O. The molecule has 14 heavy (non-hydrogen) atoms. The third-order valence-electron chi connectivity index (χ3n) is 1.94. The first-order chi connectivity index (χ1) is 6.70. The van der Waals surface area contributed by atoms with Crippen LogP contribution in [0, 0.1) is 0 Å². The zero-order chi connectivity index (χ0) is 10.6. The number of carbonyl (C=O) groups excluding carboxylic acids is 2. The van der Waals surface area contributed by atoms with Crippen molar-refractivity contribution in [3.05, 3.63) is 11.0 Å². The molecule has 1 saturated heterocycles. The van der Waals surface area contributed by atoms with E-state index in [-0.39, 0.29) is 11.1 Å². The normalized spacial score (nSPS) is 19.9. The molecule has 0 bridgehead atoms. The predicted octanol–water partition coefficient (Wildman–Crippen LogP) is 2.78. The van der Waals surface area contributed by atoms with Crippen LogP contribution in [0.2, 0.25) is 0 Å². The van der Waals surface area contributed by atoms with Gasteiger partial charge in [-0.15, -0.1) is 0 Å². The number of rotatable bonds is 4. The van der Waals surface area contributed by atoms with Crippen LogP contribution in [0.1, 0.15) is 33.1 Å². The second-order valence-electron chi connectivity index (χ2n) is 3.18. The van der Waals surface area contributed by atoms with Crippen molar-refractivity contribution in [1.82, 2.24) is 4.90 Å². The molecule has 1 aliphatic rings. The lowest BCUT2D eigenvalue weighted by Crippen LogP contribution is -2.28. The molecule has 1 heterocycles. The molecular weight excluding hydrogens is 198 g/mol. The van der Waals surface area contributed by atoms with Crippen molar-refractivity contribution in [3.63, 3.8) is 0 Å². The fourth-order valence-electron chi connectivity index (χ4n) is 1.23. The van der Waals surface area contributed by atoms with Gasteiger partial charge in [-0.1, -0.05) is 26.3 Å². The van der Waals surface area contributed by atoms with E-state index in [1.54, 1.807) is 0 Å². The first kappa shape index (κ1) is 11.3. The summed E-state index contributed by atoms with van der Waals surface area (Å²) in [5.74, 6) is -0.115. The van der Waals surface area contributed by atoms with Gasteiger partial charge in [0.05, 0.1) is 4.91 Å². The van der Waals surface area contributed by atoms with Crippen molar-refractivity contribution in [1.29, 1.82) is 0 Å². The van der Waals surface area contributed by atoms with Gasteiger partial charge in [-0.3, -0.25) is 14.5 Å². The molecular formula is C10H15NO2S. The Balaban J connectivity index is 2.69. The van der Waals surface area contributed by atoms with Crippen molar-refractivity contribution in [2.24, 2.45) is 0 Å². The highest BCUT2D eigenvalue weighted by molar-refractivity contribution is 8.18. The average molecular weight is 213 g/mol. The van der Waals surface area contributed by atoms with Crippen LogP contribution in [0.15, 0.2) is 11.0 Å². The lowest BCUT2D eigenvalue weighted by atomic mass is 10.3. The summed E-state index contributed by atoms with van der Waals surface area (Å²) in [5.41, 5.74) is 0. The maximum atomic E-state index is 11.6. The van der Waals surface area contributed by atoms with Gasteiger partial charge in [-0.05, 0) is 24.6 Å². The standard InChI is InChI=1S/C10H15NO2S/c1-3-5-6-8-9(12)11(7-4-2)10(13)14-8/h6H,3-5,7H2,1-2H3/b8-6+. The third kappa shape index (κ3) is 2.38. The summed E-state index contributed by atoms with van der Waals surface area (Å²) >= 11 is 1.06. The molecule has 0 atom stereocenters. The number of thioether (sulfide) groups is 1. The minimum Gasteiger partial charge on any atom is -0.268 e. The van der Waals surface area contributed by atoms with Crippen LogP contribution in [-0.4, -0.2) is 22.6 Å². The zero-order valence-electron chi connectivity index (χ0n) is 8.58. The van der Waals surface area contributed by atoms with E-state index in [1.165, 1.54) is 4.90 Å². The van der Waals surface area contributed by atoms with Crippen LogP contribution in [-0.2, 0) is 4.79 Å². The molecule has 1 aliphatic heterocycles. The number of hydrogen-bond acceptors (Lipinski definition) is 3. The van der Waals surface area contributed by atoms with E-state index < -0.39 is 0 Å². The smallest absolute Gasteiger partial charge is 0.268 e. The number of unbranched alkanes of at least 4 members (excludes halogenated alkanes) is 1. The molecule has 4 heteroatoms. The Morgan fingerprint density at radius 2 is 2.00 bits per heavy atom. The Bertz CT molecular complexity index is 273. The summed E-state index contributed by atoms with van der Waals surface area (Å²) in [6, 6.07) is 0. The lowest BCUT2D eigenvalue weighted by Gasteiger charge is -2.09. The quantitative estimate of drug-likeness (QED) is 0.674. The molecule has 3 nitrogen and oxygen atoms in total. The van der Waals surface area contributed by atoms with E-state index in [0.717, 1.165) is 31.0 Å². The fraction of sp³-hybridized carbons (Fsp3) is 0.600. The Morgan fingerprint density at radius 1 is 1.29 bits per heavy atom. The van der Waals surface area contributed by atoms with Gasteiger partial charge in [-0.2, -0.15) is 0 Å². The molecule has 78 valence electrons. The maximum absolute atomic E-state index is 11.6. The second kappa shape index (κ2) is 5.20. The van der Waals surface area contributed by atoms with Crippen LogP contribution in [0.5, 0.6) is 0 Å². The van der Waals surface area contributed by atoms with Crippen molar-refractivity contribution in [2.45, 2.75) is 33.1 Å². The molecule has 0 radical (unpaired) electrons. The van der Waals surface area contributed by atoms with Gasteiger partial charge in [0, 0.05) is 6.54 Å². The summed E-state index contributed by atoms with van der Waals surface area (Å²) in [7, 11) is 0. The fourth-order valence-corrected chi connectivity index (χ4v) is 2.10. The van der Waals surface area contributed by atoms with E-state index in [9.17, 15) is 9.59 Å². The lowest BCUT2D eigenvalue weighted by molar-refractivity contribution is -0.122. The summed E-state index contributed by atoms with van der Waals surface area (Å²) in [6.45, 7) is 4.54. The Kier molecular flexibility index (Phi) is 4.20. The Morgan fingerprint density at radius 3 is 2.57 bits per heavy atom. The van der Waals surface area contributed by atoms with Crippen LogP contribution in [0.3, 0.4) is 0 Å². The highest BCUT2D eigenvalue weighted by atomic mass is 32.2. The van der Waals surface area contributed by atoms with E-state index in [4.69, 9.17) is 0 Å². The topological polar surface area (TPSA) is 37.4 Å². The van der Waals surface area contributed by atoms with Gasteiger partial charge >= 0.3 is 0 Å². The number of hydrogen-bond donors (Lipinski definition) is 0. The van der Waals surface area contributed by atoms with Crippen LogP contribution >= 0.6 is 11.8 Å². The maximum Gasteiger partial charge on any atom is 0.293 e. The molecule has 0 saturated carbocycles. The van der Waals surface area contributed by atoms with Gasteiger partial charge in [0.2, 0.25) is 0 Å². The van der Waals surface area contributed by atoms with Crippen LogP contribution in [0.25, 0.3) is 0 Å². The molecule has 1 rings (SSSR count). The molecule has 1 fully saturated rings. The average Bonchev–Trinajstić information content (AvgIpc) is 2.43. The van der Waals surface area contributed by atoms with Crippen molar-refractivity contribution < 1.29 is 9.59 Å². The van der Waals surface area contributed by atoms with Crippen molar-refractivity contribution >= 4 is 22.9 Å². The van der Waals surface area contributed by atoms with Gasteiger partial charge in [0.15, 0.2) is 0 Å². The van der Waals surface area contributed by atoms with Crippen molar-refractivity contribution in [3.8, 4) is 0 Å². The number of nitrogens with zero attached hydrogens (tertiary/aromatic N) is 1. The summed E-state index contributed by atoms with van der Waals surface area (Å²) in [5, 5.41) is -0.126. The van der Waals surface area contributed by atoms with Gasteiger partial charge in [0.1, 0.15) is 0 Å². The van der Waals surface area contributed by atoms with Crippen LogP contribution in [0.4, 0.5) is 4.79 Å². The van der Waals surface area contributed by atoms with Gasteiger partial charge < -0.3 is 0 Å². The number of amides is 2. The minimum atomic E-state index is -0.126. The molecule has 0 aliphatic carbocycles. The monoisotopic (exact) mass is 213 g/mol. The number of carbonyl (C=O) groups is 2. The Hall–Kier alpha value is -0.770. The number of allylic oxidation sites excluding steroid dienone is 1. The Labute approximate surface area is 88.5 Å². The molecule has 0 spiro atoms. The highest BCUT2D eigenvalue weighted by Gasteiger charge is 2.33. The molecule has 0 aromatic heterocycles. The molecule has 0 unspecified atom stereocenters. The summed E-state index contributed by atoms with van der Waals surface area (Å²) in [4.78, 5) is 24.9. The number of imide groups is 1. The third-order valence-corrected chi connectivity index (χ3v) is 2.90. The van der Waals surface area contributed by atoms with E-state index in [2.05, 4.69) is 0 Å². The largest absolute Gasteiger partial charge is 0.293 e. The van der Waals surface area contributed by atoms with Gasteiger partial charge in [-0.25, -0.2) is 0 Å². The molecule has 2 amide bonds. The first-order valence-corrected chi connectivity index (χ1v) is 5.76. The minimum absolute atomic E-state index is 0.115. The van der Waals surface area contributed by atoms with E-state index in [1.807, 2.05) is 19.9 Å².